The zero-order valence-corrected chi connectivity index (χ0v) is 13.0. The Morgan fingerprint density at radius 1 is 1.10 bits per heavy atom. The van der Waals surface area contributed by atoms with E-state index in [9.17, 15) is 0 Å². The van der Waals surface area contributed by atoms with Crippen molar-refractivity contribution in [3.63, 3.8) is 0 Å². The quantitative estimate of drug-likeness (QED) is 0.870. The molecule has 0 radical (unpaired) electrons. The fourth-order valence-corrected chi connectivity index (χ4v) is 2.88. The number of hydrogen-bond acceptors (Lipinski definition) is 6. The molecule has 0 atom stereocenters. The zero-order valence-electron chi connectivity index (χ0n) is 12.2. The maximum atomic E-state index is 5.31. The van der Waals surface area contributed by atoms with Crippen LogP contribution in [0.4, 0.5) is 11.9 Å². The number of nitrogens with one attached hydrogen (secondary N) is 1. The molecule has 0 bridgehead atoms. The summed E-state index contributed by atoms with van der Waals surface area (Å²) in [5.74, 6) is 1.71. The van der Waals surface area contributed by atoms with Crippen molar-refractivity contribution in [3.8, 4) is 0 Å². The van der Waals surface area contributed by atoms with Gasteiger partial charge in [0.1, 0.15) is 0 Å². The average Bonchev–Trinajstić information content (AvgIpc) is 2.90. The second kappa shape index (κ2) is 5.80. The number of hydrogen-bond donors (Lipinski definition) is 1. The van der Waals surface area contributed by atoms with Gasteiger partial charge >= 0.3 is 0 Å². The summed E-state index contributed by atoms with van der Waals surface area (Å²) in [5, 5.41) is 7.27. The Balaban J connectivity index is 1.73. The number of H-pyrrole nitrogens is 1. The van der Waals surface area contributed by atoms with Crippen molar-refractivity contribution in [2.24, 2.45) is 0 Å². The molecule has 0 spiro atoms. The van der Waals surface area contributed by atoms with Gasteiger partial charge in [0.2, 0.25) is 11.9 Å². The Labute approximate surface area is 128 Å². The molecule has 3 heterocycles. The molecule has 1 aliphatic rings. The third-order valence-electron chi connectivity index (χ3n) is 3.60. The lowest BCUT2D eigenvalue weighted by Crippen LogP contribution is -2.48. The molecule has 0 aromatic carbocycles. The highest BCUT2D eigenvalue weighted by molar-refractivity contribution is 7.71. The number of anilines is 2. The maximum Gasteiger partial charge on any atom is 0.226 e. The van der Waals surface area contributed by atoms with Crippen molar-refractivity contribution in [1.29, 1.82) is 0 Å². The van der Waals surface area contributed by atoms with Crippen LogP contribution in [0.3, 0.4) is 0 Å². The second-order valence-corrected chi connectivity index (χ2v) is 5.70. The van der Waals surface area contributed by atoms with Crippen LogP contribution in [0.15, 0.2) is 18.5 Å². The van der Waals surface area contributed by atoms with Crippen LogP contribution in [0.1, 0.15) is 19.9 Å². The first-order valence-corrected chi connectivity index (χ1v) is 7.51. The summed E-state index contributed by atoms with van der Waals surface area (Å²) in [7, 11) is 0. The highest BCUT2D eigenvalue weighted by atomic mass is 32.1. The van der Waals surface area contributed by atoms with Gasteiger partial charge in [0.15, 0.2) is 4.77 Å². The molecule has 21 heavy (non-hydrogen) atoms. The molecule has 3 rings (SSSR count). The van der Waals surface area contributed by atoms with Gasteiger partial charge in [-0.3, -0.25) is 4.57 Å². The summed E-state index contributed by atoms with van der Waals surface area (Å²) in [6, 6.07) is 2.13. The first kappa shape index (κ1) is 14.0. The highest BCUT2D eigenvalue weighted by Crippen LogP contribution is 2.20. The molecule has 2 aromatic heterocycles. The van der Waals surface area contributed by atoms with Crippen LogP contribution in [-0.2, 0) is 0 Å². The Hall–Kier alpha value is -1.96. The van der Waals surface area contributed by atoms with Crippen molar-refractivity contribution in [2.75, 3.05) is 36.0 Å². The summed E-state index contributed by atoms with van der Waals surface area (Å²) < 4.78 is 2.73. The third kappa shape index (κ3) is 2.76. The molecule has 0 saturated carbocycles. The average molecular weight is 305 g/mol. The van der Waals surface area contributed by atoms with Gasteiger partial charge in [-0.05, 0) is 32.1 Å². The summed E-state index contributed by atoms with van der Waals surface area (Å²) in [4.78, 5) is 13.1. The fraction of sp³-hybridized carbons (Fsp3) is 0.538. The molecule has 0 unspecified atom stereocenters. The van der Waals surface area contributed by atoms with E-state index in [1.54, 1.807) is 12.4 Å². The van der Waals surface area contributed by atoms with Crippen molar-refractivity contribution < 1.29 is 0 Å². The van der Waals surface area contributed by atoms with Crippen molar-refractivity contribution in [1.82, 2.24) is 24.7 Å². The lowest BCUT2D eigenvalue weighted by Gasteiger charge is -2.35. The van der Waals surface area contributed by atoms with Gasteiger partial charge in [-0.2, -0.15) is 0 Å². The highest BCUT2D eigenvalue weighted by Gasteiger charge is 2.23. The standard InChI is InChI=1S/C13H19N7S/c1-10(2)20-12(16-17-13(20)21)19-8-6-18(7-9-19)11-14-4-3-5-15-11/h3-5,10H,6-9H2,1-2H3,(H,17,21). The lowest BCUT2D eigenvalue weighted by molar-refractivity contribution is 0.558. The molecule has 8 heteroatoms. The van der Waals surface area contributed by atoms with E-state index in [1.807, 2.05) is 6.07 Å². The summed E-state index contributed by atoms with van der Waals surface area (Å²) in [5.41, 5.74) is 0. The van der Waals surface area contributed by atoms with E-state index in [0.717, 1.165) is 38.1 Å². The summed E-state index contributed by atoms with van der Waals surface area (Å²) >= 11 is 5.31. The first-order chi connectivity index (χ1) is 10.2. The van der Waals surface area contributed by atoms with Crippen LogP contribution >= 0.6 is 12.2 Å². The Kier molecular flexibility index (Phi) is 3.87. The maximum absolute atomic E-state index is 5.31. The first-order valence-electron chi connectivity index (χ1n) is 7.10. The van der Waals surface area contributed by atoms with Crippen LogP contribution in [-0.4, -0.2) is 50.9 Å². The molecule has 1 aliphatic heterocycles. The van der Waals surface area contributed by atoms with Crippen LogP contribution in [0.5, 0.6) is 0 Å². The molecule has 1 saturated heterocycles. The van der Waals surface area contributed by atoms with Gasteiger partial charge in [-0.15, -0.1) is 5.10 Å². The Bertz CT molecular complexity index is 640. The number of aromatic nitrogens is 5. The number of aromatic amines is 1. The normalized spacial score (nSPS) is 15.8. The van der Waals surface area contributed by atoms with E-state index >= 15 is 0 Å². The van der Waals surface area contributed by atoms with E-state index in [2.05, 4.69) is 48.4 Å². The molecular formula is C13H19N7S. The molecule has 1 fully saturated rings. The predicted molar refractivity (Wildman–Crippen MR) is 84.3 cm³/mol. The largest absolute Gasteiger partial charge is 0.337 e. The molecule has 7 nitrogen and oxygen atoms in total. The van der Waals surface area contributed by atoms with Crippen LogP contribution < -0.4 is 9.80 Å². The molecule has 112 valence electrons. The van der Waals surface area contributed by atoms with Gasteiger partial charge in [0.25, 0.3) is 0 Å². The third-order valence-corrected chi connectivity index (χ3v) is 3.89. The van der Waals surface area contributed by atoms with E-state index in [4.69, 9.17) is 12.2 Å². The fourth-order valence-electron chi connectivity index (χ4n) is 2.55. The van der Waals surface area contributed by atoms with Gasteiger partial charge in [0, 0.05) is 44.6 Å². The summed E-state index contributed by atoms with van der Waals surface area (Å²) in [6.45, 7) is 7.74. The predicted octanol–water partition coefficient (Wildman–Crippen LogP) is 1.64. The minimum Gasteiger partial charge on any atom is -0.337 e. The van der Waals surface area contributed by atoms with Gasteiger partial charge in [-0.1, -0.05) is 0 Å². The minimum atomic E-state index is 0.293. The van der Waals surface area contributed by atoms with Crippen LogP contribution in [0.25, 0.3) is 0 Å². The van der Waals surface area contributed by atoms with Crippen molar-refractivity contribution in [3.05, 3.63) is 23.2 Å². The SMILES string of the molecule is CC(C)n1c(N2CCN(c3ncccn3)CC2)n[nH]c1=S. The lowest BCUT2D eigenvalue weighted by atomic mass is 10.3. The monoisotopic (exact) mass is 305 g/mol. The molecule has 1 N–H and O–H groups in total. The second-order valence-electron chi connectivity index (χ2n) is 5.32. The van der Waals surface area contributed by atoms with E-state index < -0.39 is 0 Å². The van der Waals surface area contributed by atoms with Gasteiger partial charge in [0.05, 0.1) is 0 Å². The van der Waals surface area contributed by atoms with Crippen LogP contribution in [0.2, 0.25) is 0 Å². The molecular weight excluding hydrogens is 286 g/mol. The number of nitrogens with zero attached hydrogens (tertiary/aromatic N) is 6. The van der Waals surface area contributed by atoms with Crippen molar-refractivity contribution in [2.45, 2.75) is 19.9 Å². The van der Waals surface area contributed by atoms with Gasteiger partial charge < -0.3 is 9.80 Å². The minimum absolute atomic E-state index is 0.293. The van der Waals surface area contributed by atoms with Gasteiger partial charge in [-0.25, -0.2) is 15.1 Å². The summed E-state index contributed by atoms with van der Waals surface area (Å²) in [6.07, 6.45) is 3.55. The Morgan fingerprint density at radius 3 is 2.33 bits per heavy atom. The Morgan fingerprint density at radius 2 is 1.71 bits per heavy atom. The van der Waals surface area contributed by atoms with E-state index in [0.29, 0.717) is 10.8 Å². The molecule has 0 amide bonds. The number of piperazine rings is 1. The van der Waals surface area contributed by atoms with Crippen molar-refractivity contribution >= 4 is 24.1 Å². The topological polar surface area (TPSA) is 65.9 Å². The smallest absolute Gasteiger partial charge is 0.226 e. The van der Waals surface area contributed by atoms with E-state index in [-0.39, 0.29) is 0 Å². The number of rotatable bonds is 3. The zero-order chi connectivity index (χ0) is 14.8. The molecule has 2 aromatic rings. The van der Waals surface area contributed by atoms with Crippen LogP contribution in [0, 0.1) is 4.77 Å². The molecule has 0 aliphatic carbocycles. The van der Waals surface area contributed by atoms with E-state index in [1.165, 1.54) is 0 Å².